The summed E-state index contributed by atoms with van der Waals surface area (Å²) in [4.78, 5) is 6.07. The van der Waals surface area contributed by atoms with Gasteiger partial charge in [0.05, 0.1) is 6.20 Å². The first-order chi connectivity index (χ1) is 6.57. The van der Waals surface area contributed by atoms with Gasteiger partial charge >= 0.3 is 6.18 Å². The van der Waals surface area contributed by atoms with Crippen LogP contribution in [0.15, 0.2) is 6.20 Å². The van der Waals surface area contributed by atoms with Crippen LogP contribution in [-0.2, 0) is 6.18 Å². The topological polar surface area (TPSA) is 40.7 Å². The molecule has 1 fully saturated rings. The first kappa shape index (κ1) is 9.51. The minimum atomic E-state index is -4.32. The predicted octanol–water partition coefficient (Wildman–Crippen LogP) is 1.51. The highest BCUT2D eigenvalue weighted by Crippen LogP contribution is 2.29. The molecule has 2 rings (SSSR count). The lowest BCUT2D eigenvalue weighted by Gasteiger charge is -2.04. The largest absolute Gasteiger partial charge is 0.432 e. The number of rotatable bonds is 1. The number of aromatic nitrogens is 2. The van der Waals surface area contributed by atoms with Crippen molar-refractivity contribution < 1.29 is 13.2 Å². The van der Waals surface area contributed by atoms with Gasteiger partial charge in [0.1, 0.15) is 11.5 Å². The van der Waals surface area contributed by atoms with Crippen LogP contribution in [-0.4, -0.2) is 23.1 Å². The first-order valence-corrected chi connectivity index (χ1v) is 4.40. The molecule has 14 heavy (non-hydrogen) atoms. The molecule has 1 aromatic heterocycles. The molecule has 0 bridgehead atoms. The summed E-state index contributed by atoms with van der Waals surface area (Å²) in [6, 6.07) is 0. The summed E-state index contributed by atoms with van der Waals surface area (Å²) in [6.07, 6.45) is -2.63. The molecule has 1 saturated heterocycles. The third-order valence-electron chi connectivity index (χ3n) is 2.35. The Balaban J connectivity index is 2.17. The summed E-state index contributed by atoms with van der Waals surface area (Å²) >= 11 is 0. The van der Waals surface area contributed by atoms with Crippen molar-refractivity contribution in [3.8, 4) is 0 Å². The second kappa shape index (κ2) is 3.27. The Hall–Kier alpha value is -1.04. The fourth-order valence-electron chi connectivity index (χ4n) is 1.58. The maximum atomic E-state index is 12.2. The minimum absolute atomic E-state index is 0.0890. The fraction of sp³-hybridized carbons (Fsp3) is 0.625. The van der Waals surface area contributed by atoms with Gasteiger partial charge in [0, 0.05) is 12.5 Å². The number of imidazole rings is 1. The maximum absolute atomic E-state index is 12.2. The highest BCUT2D eigenvalue weighted by atomic mass is 19.4. The Morgan fingerprint density at radius 2 is 2.21 bits per heavy atom. The Bertz CT molecular complexity index is 312. The molecule has 6 heteroatoms. The normalized spacial score (nSPS) is 22.9. The van der Waals surface area contributed by atoms with E-state index in [1.54, 1.807) is 0 Å². The van der Waals surface area contributed by atoms with Crippen molar-refractivity contribution in [2.24, 2.45) is 0 Å². The molecule has 1 aromatic rings. The van der Waals surface area contributed by atoms with Gasteiger partial charge in [0.25, 0.3) is 0 Å². The van der Waals surface area contributed by atoms with Crippen molar-refractivity contribution in [2.75, 3.05) is 13.1 Å². The van der Waals surface area contributed by atoms with Crippen molar-refractivity contribution >= 4 is 0 Å². The summed E-state index contributed by atoms with van der Waals surface area (Å²) in [5, 5.41) is 3.08. The van der Waals surface area contributed by atoms with Crippen molar-refractivity contribution in [3.63, 3.8) is 0 Å². The zero-order valence-corrected chi connectivity index (χ0v) is 7.36. The van der Waals surface area contributed by atoms with E-state index in [0.717, 1.165) is 19.2 Å². The smallest absolute Gasteiger partial charge is 0.338 e. The number of H-pyrrole nitrogens is 1. The van der Waals surface area contributed by atoms with Crippen LogP contribution in [0.4, 0.5) is 13.2 Å². The number of nitrogens with zero attached hydrogens (tertiary/aromatic N) is 1. The van der Waals surface area contributed by atoms with Crippen molar-refractivity contribution in [1.29, 1.82) is 0 Å². The molecule has 2 N–H and O–H groups in total. The number of halogens is 3. The molecule has 0 aliphatic carbocycles. The Kier molecular flexibility index (Phi) is 2.22. The summed E-state index contributed by atoms with van der Waals surface area (Å²) < 4.78 is 36.6. The van der Waals surface area contributed by atoms with Crippen molar-refractivity contribution in [2.45, 2.75) is 18.5 Å². The second-order valence-corrected chi connectivity index (χ2v) is 3.37. The molecule has 1 unspecified atom stereocenters. The number of nitrogens with one attached hydrogen (secondary N) is 2. The number of hydrogen-bond acceptors (Lipinski definition) is 2. The molecule has 0 radical (unpaired) electrons. The third-order valence-corrected chi connectivity index (χ3v) is 2.35. The van der Waals surface area contributed by atoms with E-state index in [1.807, 2.05) is 0 Å². The Morgan fingerprint density at radius 1 is 1.43 bits per heavy atom. The van der Waals surface area contributed by atoms with Crippen molar-refractivity contribution in [1.82, 2.24) is 15.3 Å². The highest BCUT2D eigenvalue weighted by molar-refractivity contribution is 5.10. The summed E-state index contributed by atoms with van der Waals surface area (Å²) in [7, 11) is 0. The van der Waals surface area contributed by atoms with Gasteiger partial charge in [-0.2, -0.15) is 13.2 Å². The molecule has 0 aromatic carbocycles. The maximum Gasteiger partial charge on any atom is 0.432 e. The zero-order chi connectivity index (χ0) is 10.2. The third kappa shape index (κ3) is 1.75. The molecule has 1 aliphatic rings. The van der Waals surface area contributed by atoms with E-state index in [1.165, 1.54) is 0 Å². The Morgan fingerprint density at radius 3 is 2.71 bits per heavy atom. The van der Waals surface area contributed by atoms with Gasteiger partial charge in [-0.15, -0.1) is 0 Å². The van der Waals surface area contributed by atoms with Gasteiger partial charge in [-0.3, -0.25) is 0 Å². The van der Waals surface area contributed by atoms with E-state index in [0.29, 0.717) is 12.4 Å². The van der Waals surface area contributed by atoms with Crippen molar-refractivity contribution in [3.05, 3.63) is 17.7 Å². The van der Waals surface area contributed by atoms with Crippen LogP contribution in [0.2, 0.25) is 0 Å². The molecular weight excluding hydrogens is 195 g/mol. The first-order valence-electron chi connectivity index (χ1n) is 4.40. The number of hydrogen-bond donors (Lipinski definition) is 2. The minimum Gasteiger partial charge on any atom is -0.338 e. The molecular formula is C8H10F3N3. The van der Waals surface area contributed by atoms with E-state index in [9.17, 15) is 13.2 Å². The lowest BCUT2D eigenvalue weighted by molar-refractivity contribution is -0.140. The molecule has 78 valence electrons. The van der Waals surface area contributed by atoms with Gasteiger partial charge in [-0.1, -0.05) is 0 Å². The molecule has 0 amide bonds. The lowest BCUT2D eigenvalue weighted by Crippen LogP contribution is -2.09. The van der Waals surface area contributed by atoms with Gasteiger partial charge in [0.2, 0.25) is 0 Å². The van der Waals surface area contributed by atoms with Crippen LogP contribution in [0.3, 0.4) is 0 Å². The number of aromatic amines is 1. The number of alkyl halides is 3. The standard InChI is InChI=1S/C8H10F3N3/c9-8(10,11)6-4-13-7(14-6)5-1-2-12-3-5/h4-5,12H,1-3H2,(H,13,14). The molecule has 0 saturated carbocycles. The van der Waals surface area contributed by atoms with Crippen LogP contribution in [0.25, 0.3) is 0 Å². The average Bonchev–Trinajstić information content (AvgIpc) is 2.73. The monoisotopic (exact) mass is 205 g/mol. The SMILES string of the molecule is FC(F)(F)c1cnc(C2CCNC2)[nH]1. The van der Waals surface area contributed by atoms with Crippen LogP contribution in [0.5, 0.6) is 0 Å². The van der Waals surface area contributed by atoms with Crippen LogP contribution in [0, 0.1) is 0 Å². The van der Waals surface area contributed by atoms with Crippen LogP contribution in [0.1, 0.15) is 23.9 Å². The van der Waals surface area contributed by atoms with Gasteiger partial charge in [-0.05, 0) is 13.0 Å². The quantitative estimate of drug-likeness (QED) is 0.729. The molecule has 2 heterocycles. The molecule has 1 aliphatic heterocycles. The van der Waals surface area contributed by atoms with Gasteiger partial charge < -0.3 is 10.3 Å². The zero-order valence-electron chi connectivity index (χ0n) is 7.36. The van der Waals surface area contributed by atoms with Crippen LogP contribution >= 0.6 is 0 Å². The second-order valence-electron chi connectivity index (χ2n) is 3.37. The van der Waals surface area contributed by atoms with Gasteiger partial charge in [-0.25, -0.2) is 4.98 Å². The summed E-state index contributed by atoms with van der Waals surface area (Å²) in [5.41, 5.74) is -0.764. The molecule has 3 nitrogen and oxygen atoms in total. The predicted molar refractivity (Wildman–Crippen MR) is 43.8 cm³/mol. The lowest BCUT2D eigenvalue weighted by atomic mass is 10.1. The Labute approximate surface area is 78.7 Å². The van der Waals surface area contributed by atoms with E-state index >= 15 is 0 Å². The average molecular weight is 205 g/mol. The molecule has 0 spiro atoms. The summed E-state index contributed by atoms with van der Waals surface area (Å²) in [5.74, 6) is 0.522. The summed E-state index contributed by atoms with van der Waals surface area (Å²) in [6.45, 7) is 1.54. The van der Waals surface area contributed by atoms with Crippen LogP contribution < -0.4 is 5.32 Å². The van der Waals surface area contributed by atoms with E-state index in [4.69, 9.17) is 0 Å². The van der Waals surface area contributed by atoms with Gasteiger partial charge in [0.15, 0.2) is 0 Å². The molecule has 1 atom stereocenters. The van der Waals surface area contributed by atoms with E-state index in [-0.39, 0.29) is 5.92 Å². The highest BCUT2D eigenvalue weighted by Gasteiger charge is 2.34. The fourth-order valence-corrected chi connectivity index (χ4v) is 1.58. The van der Waals surface area contributed by atoms with E-state index < -0.39 is 11.9 Å². The van der Waals surface area contributed by atoms with E-state index in [2.05, 4.69) is 15.3 Å².